The number of benzene rings is 3. The standard InChI is InChI=1S/C30H28Cl2N4/c1-20(30(2,3)24-7-5-4-6-8-24)36-29(33)35-19-21-17-27(22-9-13-25(31)14-10-22)28(34-18-21)23-11-15-26(32)16-12-23/h4-18H,1,19H2,2-3H3,(H3,33,35,36). The summed E-state index contributed by atoms with van der Waals surface area (Å²) < 4.78 is 0. The van der Waals surface area contributed by atoms with Gasteiger partial charge in [-0.1, -0.05) is 98.2 Å². The fraction of sp³-hybridized carbons (Fsp3) is 0.133. The third kappa shape index (κ3) is 5.96. The van der Waals surface area contributed by atoms with Crippen molar-refractivity contribution in [1.82, 2.24) is 10.3 Å². The van der Waals surface area contributed by atoms with Gasteiger partial charge in [-0.2, -0.15) is 0 Å². The van der Waals surface area contributed by atoms with Gasteiger partial charge in [0.1, 0.15) is 0 Å². The molecular weight excluding hydrogens is 487 g/mol. The van der Waals surface area contributed by atoms with E-state index in [0.29, 0.717) is 22.5 Å². The van der Waals surface area contributed by atoms with E-state index in [0.717, 1.165) is 39.2 Å². The highest BCUT2D eigenvalue weighted by Gasteiger charge is 2.24. The minimum absolute atomic E-state index is 0.304. The molecule has 0 spiro atoms. The number of rotatable bonds is 7. The first-order valence-electron chi connectivity index (χ1n) is 11.6. The van der Waals surface area contributed by atoms with Crippen LogP contribution in [0.1, 0.15) is 25.0 Å². The van der Waals surface area contributed by atoms with Crippen LogP contribution in [-0.2, 0) is 12.0 Å². The minimum atomic E-state index is -0.315. The van der Waals surface area contributed by atoms with Gasteiger partial charge in [-0.05, 0) is 47.0 Å². The molecule has 0 amide bonds. The quantitative estimate of drug-likeness (QED) is 0.197. The fourth-order valence-electron chi connectivity index (χ4n) is 3.84. The average Bonchev–Trinajstić information content (AvgIpc) is 2.89. The maximum absolute atomic E-state index is 6.23. The molecule has 0 aliphatic rings. The zero-order valence-electron chi connectivity index (χ0n) is 20.3. The van der Waals surface area contributed by atoms with Gasteiger partial charge in [0.2, 0.25) is 0 Å². The van der Waals surface area contributed by atoms with Crippen molar-refractivity contribution in [2.75, 3.05) is 0 Å². The third-order valence-corrected chi connectivity index (χ3v) is 6.68. The van der Waals surface area contributed by atoms with Crippen molar-refractivity contribution in [2.24, 2.45) is 10.7 Å². The summed E-state index contributed by atoms with van der Waals surface area (Å²) in [6, 6.07) is 27.6. The first kappa shape index (κ1) is 25.5. The number of halogens is 2. The van der Waals surface area contributed by atoms with E-state index in [2.05, 4.69) is 48.9 Å². The molecule has 0 bridgehead atoms. The molecule has 0 aliphatic carbocycles. The highest BCUT2D eigenvalue weighted by atomic mass is 35.5. The van der Waals surface area contributed by atoms with Crippen molar-refractivity contribution in [2.45, 2.75) is 25.8 Å². The molecule has 0 aliphatic heterocycles. The Morgan fingerprint density at radius 2 is 1.50 bits per heavy atom. The Balaban J connectivity index is 1.58. The SMILES string of the molecule is C=C(NC(N)=NCc1cnc(-c2ccc(Cl)cc2)c(-c2ccc(Cl)cc2)c1)C(C)(C)c1ccccc1. The van der Waals surface area contributed by atoms with E-state index in [-0.39, 0.29) is 5.41 Å². The maximum Gasteiger partial charge on any atom is 0.193 e. The summed E-state index contributed by atoms with van der Waals surface area (Å²) in [6.07, 6.45) is 1.82. The second-order valence-electron chi connectivity index (χ2n) is 9.05. The minimum Gasteiger partial charge on any atom is -0.370 e. The van der Waals surface area contributed by atoms with Crippen molar-refractivity contribution in [3.8, 4) is 22.4 Å². The monoisotopic (exact) mass is 514 g/mol. The number of hydrogen-bond acceptors (Lipinski definition) is 2. The molecular formula is C30H28Cl2N4. The van der Waals surface area contributed by atoms with Gasteiger partial charge in [0, 0.05) is 38.5 Å². The summed E-state index contributed by atoms with van der Waals surface area (Å²) in [7, 11) is 0. The van der Waals surface area contributed by atoms with Crippen molar-refractivity contribution >= 4 is 29.2 Å². The molecule has 1 heterocycles. The van der Waals surface area contributed by atoms with Gasteiger partial charge in [0.25, 0.3) is 0 Å². The normalized spacial score (nSPS) is 11.8. The Hall–Kier alpha value is -3.60. The van der Waals surface area contributed by atoms with Gasteiger partial charge in [-0.25, -0.2) is 4.99 Å². The molecule has 36 heavy (non-hydrogen) atoms. The van der Waals surface area contributed by atoms with Crippen LogP contribution in [0.4, 0.5) is 0 Å². The van der Waals surface area contributed by atoms with Gasteiger partial charge < -0.3 is 11.1 Å². The summed E-state index contributed by atoms with van der Waals surface area (Å²) in [4.78, 5) is 9.32. The second kappa shape index (κ2) is 11.0. The van der Waals surface area contributed by atoms with E-state index >= 15 is 0 Å². The second-order valence-corrected chi connectivity index (χ2v) is 9.92. The van der Waals surface area contributed by atoms with Crippen LogP contribution < -0.4 is 11.1 Å². The van der Waals surface area contributed by atoms with Gasteiger partial charge >= 0.3 is 0 Å². The van der Waals surface area contributed by atoms with Crippen LogP contribution in [-0.4, -0.2) is 10.9 Å². The molecule has 0 radical (unpaired) electrons. The van der Waals surface area contributed by atoms with Gasteiger partial charge in [0.15, 0.2) is 5.96 Å². The van der Waals surface area contributed by atoms with E-state index in [4.69, 9.17) is 33.9 Å². The van der Waals surface area contributed by atoms with Crippen LogP contribution in [0.5, 0.6) is 0 Å². The molecule has 4 aromatic rings. The topological polar surface area (TPSA) is 63.3 Å². The molecule has 3 N–H and O–H groups in total. The molecule has 0 atom stereocenters. The largest absolute Gasteiger partial charge is 0.370 e. The van der Waals surface area contributed by atoms with Crippen LogP contribution in [0, 0.1) is 0 Å². The molecule has 182 valence electrons. The predicted octanol–water partition coefficient (Wildman–Crippen LogP) is 7.62. The zero-order valence-corrected chi connectivity index (χ0v) is 21.8. The Bertz CT molecular complexity index is 1380. The smallest absolute Gasteiger partial charge is 0.193 e. The highest BCUT2D eigenvalue weighted by Crippen LogP contribution is 2.33. The summed E-state index contributed by atoms with van der Waals surface area (Å²) in [6.45, 7) is 8.77. The molecule has 0 saturated heterocycles. The number of pyridine rings is 1. The van der Waals surface area contributed by atoms with Gasteiger partial charge in [0.05, 0.1) is 12.2 Å². The molecule has 4 rings (SSSR count). The lowest BCUT2D eigenvalue weighted by molar-refractivity contribution is 0.597. The summed E-state index contributed by atoms with van der Waals surface area (Å²) in [5.74, 6) is 0.304. The Morgan fingerprint density at radius 1 is 0.917 bits per heavy atom. The number of nitrogens with zero attached hydrogens (tertiary/aromatic N) is 2. The number of aliphatic imine (C=N–C) groups is 1. The van der Waals surface area contributed by atoms with E-state index in [1.807, 2.05) is 72.9 Å². The Morgan fingerprint density at radius 3 is 2.11 bits per heavy atom. The molecule has 3 aromatic carbocycles. The van der Waals surface area contributed by atoms with Crippen molar-refractivity contribution < 1.29 is 0 Å². The van der Waals surface area contributed by atoms with Crippen LogP contribution in [0.3, 0.4) is 0 Å². The van der Waals surface area contributed by atoms with E-state index in [1.54, 1.807) is 0 Å². The molecule has 0 unspecified atom stereocenters. The van der Waals surface area contributed by atoms with E-state index in [1.165, 1.54) is 0 Å². The molecule has 0 saturated carbocycles. The number of allylic oxidation sites excluding steroid dienone is 1. The lowest BCUT2D eigenvalue weighted by Gasteiger charge is -2.28. The summed E-state index contributed by atoms with van der Waals surface area (Å²) in [5.41, 5.74) is 12.6. The molecule has 1 aromatic heterocycles. The van der Waals surface area contributed by atoms with E-state index < -0.39 is 0 Å². The lowest BCUT2D eigenvalue weighted by atomic mass is 9.82. The Labute approximate surface area is 222 Å². The predicted molar refractivity (Wildman–Crippen MR) is 152 cm³/mol. The number of hydrogen-bond donors (Lipinski definition) is 2. The fourth-order valence-corrected chi connectivity index (χ4v) is 4.09. The summed E-state index contributed by atoms with van der Waals surface area (Å²) in [5, 5.41) is 4.53. The van der Waals surface area contributed by atoms with Crippen molar-refractivity contribution in [1.29, 1.82) is 0 Å². The number of guanidine groups is 1. The first-order chi connectivity index (χ1) is 17.2. The zero-order chi connectivity index (χ0) is 25.7. The molecule has 4 nitrogen and oxygen atoms in total. The average molecular weight is 515 g/mol. The van der Waals surface area contributed by atoms with Crippen LogP contribution in [0.2, 0.25) is 10.0 Å². The number of nitrogens with one attached hydrogen (secondary N) is 1. The van der Waals surface area contributed by atoms with E-state index in [9.17, 15) is 0 Å². The van der Waals surface area contributed by atoms with Crippen LogP contribution in [0.25, 0.3) is 22.4 Å². The number of nitrogens with two attached hydrogens (primary N) is 1. The highest BCUT2D eigenvalue weighted by molar-refractivity contribution is 6.31. The molecule has 0 fully saturated rings. The Kier molecular flexibility index (Phi) is 7.78. The third-order valence-electron chi connectivity index (χ3n) is 6.18. The van der Waals surface area contributed by atoms with Gasteiger partial charge in [-0.3, -0.25) is 4.98 Å². The summed E-state index contributed by atoms with van der Waals surface area (Å²) >= 11 is 12.2. The van der Waals surface area contributed by atoms with Crippen molar-refractivity contribution in [3.63, 3.8) is 0 Å². The first-order valence-corrected chi connectivity index (χ1v) is 12.3. The molecule has 6 heteroatoms. The van der Waals surface area contributed by atoms with Gasteiger partial charge in [-0.15, -0.1) is 0 Å². The van der Waals surface area contributed by atoms with Crippen molar-refractivity contribution in [3.05, 3.63) is 125 Å². The number of aromatic nitrogens is 1. The van der Waals surface area contributed by atoms with Crippen LogP contribution >= 0.6 is 23.2 Å². The lowest BCUT2D eigenvalue weighted by Crippen LogP contribution is -2.38. The maximum atomic E-state index is 6.23. The van der Waals surface area contributed by atoms with Crippen LogP contribution in [0.15, 0.2) is 108 Å².